The number of benzene rings is 1. The first-order valence-electron chi connectivity index (χ1n) is 6.52. The molecule has 0 spiro atoms. The quantitative estimate of drug-likeness (QED) is 0.672. The maximum absolute atomic E-state index is 12.2. The van der Waals surface area contributed by atoms with Crippen LogP contribution in [0.1, 0.15) is 13.8 Å². The summed E-state index contributed by atoms with van der Waals surface area (Å²) in [7, 11) is 0. The number of nitro benzene ring substituents is 1. The first kappa shape index (κ1) is 15.5. The number of nitro groups is 1. The molecule has 1 aromatic carbocycles. The number of amides is 2. The Balaban J connectivity index is 2.09. The molecule has 2 unspecified atom stereocenters. The third-order valence-electron chi connectivity index (χ3n) is 3.10. The second kappa shape index (κ2) is 6.28. The number of urea groups is 1. The van der Waals surface area contributed by atoms with E-state index in [9.17, 15) is 14.9 Å². The van der Waals surface area contributed by atoms with Gasteiger partial charge in [-0.05, 0) is 26.0 Å². The highest BCUT2D eigenvalue weighted by Gasteiger charge is 2.26. The number of carbonyl (C=O) groups excluding carboxylic acids is 1. The number of ether oxygens (including phenoxy) is 1. The van der Waals surface area contributed by atoms with E-state index in [1.807, 2.05) is 13.8 Å². The van der Waals surface area contributed by atoms with E-state index in [4.69, 9.17) is 16.3 Å². The van der Waals surface area contributed by atoms with Crippen LogP contribution in [0.3, 0.4) is 0 Å². The van der Waals surface area contributed by atoms with Crippen LogP contribution in [0.5, 0.6) is 0 Å². The first-order valence-corrected chi connectivity index (χ1v) is 6.90. The van der Waals surface area contributed by atoms with Gasteiger partial charge in [0.15, 0.2) is 0 Å². The zero-order valence-corrected chi connectivity index (χ0v) is 12.5. The molecule has 0 aliphatic carbocycles. The maximum Gasteiger partial charge on any atom is 0.322 e. The molecule has 1 aliphatic heterocycles. The molecule has 8 heteroatoms. The largest absolute Gasteiger partial charge is 0.372 e. The maximum atomic E-state index is 12.2. The number of rotatable bonds is 2. The average molecular weight is 314 g/mol. The second-order valence-corrected chi connectivity index (χ2v) is 5.42. The fourth-order valence-electron chi connectivity index (χ4n) is 2.28. The lowest BCUT2D eigenvalue weighted by Gasteiger charge is -2.35. The number of hydrogen-bond donors (Lipinski definition) is 1. The Bertz CT molecular complexity index is 556. The van der Waals surface area contributed by atoms with Gasteiger partial charge >= 0.3 is 6.03 Å². The van der Waals surface area contributed by atoms with Gasteiger partial charge in [-0.25, -0.2) is 4.79 Å². The number of hydrogen-bond acceptors (Lipinski definition) is 4. The van der Waals surface area contributed by atoms with Gasteiger partial charge in [-0.2, -0.15) is 0 Å². The van der Waals surface area contributed by atoms with Crippen molar-refractivity contribution in [1.82, 2.24) is 4.90 Å². The molecular weight excluding hydrogens is 298 g/mol. The highest BCUT2D eigenvalue weighted by Crippen LogP contribution is 2.27. The number of halogens is 1. The molecular formula is C13H16ClN3O4. The summed E-state index contributed by atoms with van der Waals surface area (Å²) in [5, 5.41) is 13.5. The van der Waals surface area contributed by atoms with Crippen LogP contribution in [-0.2, 0) is 4.74 Å². The smallest absolute Gasteiger partial charge is 0.322 e. The van der Waals surface area contributed by atoms with Crippen molar-refractivity contribution >= 4 is 29.0 Å². The Morgan fingerprint density at radius 1 is 1.43 bits per heavy atom. The fraction of sp³-hybridized carbons (Fsp3) is 0.462. The van der Waals surface area contributed by atoms with Crippen molar-refractivity contribution in [2.75, 3.05) is 18.4 Å². The Kier molecular flexibility index (Phi) is 4.64. The molecule has 2 atom stereocenters. The Morgan fingerprint density at radius 2 is 2.05 bits per heavy atom. The van der Waals surface area contributed by atoms with Crippen molar-refractivity contribution in [2.24, 2.45) is 0 Å². The van der Waals surface area contributed by atoms with E-state index in [1.54, 1.807) is 4.90 Å². The van der Waals surface area contributed by atoms with E-state index >= 15 is 0 Å². The lowest BCUT2D eigenvalue weighted by atomic mass is 10.2. The molecule has 0 saturated carbocycles. The third kappa shape index (κ3) is 3.83. The van der Waals surface area contributed by atoms with Crippen molar-refractivity contribution in [1.29, 1.82) is 0 Å². The summed E-state index contributed by atoms with van der Waals surface area (Å²) in [5.74, 6) is 0. The third-order valence-corrected chi connectivity index (χ3v) is 3.42. The minimum absolute atomic E-state index is 0.0339. The molecule has 1 fully saturated rings. The van der Waals surface area contributed by atoms with Crippen LogP contribution >= 0.6 is 11.6 Å². The topological polar surface area (TPSA) is 84.7 Å². The van der Waals surface area contributed by atoms with Crippen molar-refractivity contribution in [3.63, 3.8) is 0 Å². The summed E-state index contributed by atoms with van der Waals surface area (Å²) >= 11 is 5.73. The molecule has 1 saturated heterocycles. The normalized spacial score (nSPS) is 22.0. The van der Waals surface area contributed by atoms with Gasteiger partial charge in [0, 0.05) is 24.8 Å². The Hall–Kier alpha value is -1.86. The van der Waals surface area contributed by atoms with Crippen LogP contribution in [0.25, 0.3) is 0 Å². The highest BCUT2D eigenvalue weighted by molar-refractivity contribution is 6.32. The van der Waals surface area contributed by atoms with Gasteiger partial charge in [-0.1, -0.05) is 11.6 Å². The number of nitrogens with one attached hydrogen (secondary N) is 1. The van der Waals surface area contributed by atoms with E-state index in [2.05, 4.69) is 5.32 Å². The number of nitrogens with zero attached hydrogens (tertiary/aromatic N) is 2. The summed E-state index contributed by atoms with van der Waals surface area (Å²) < 4.78 is 5.55. The average Bonchev–Trinajstić information content (AvgIpc) is 2.39. The van der Waals surface area contributed by atoms with Crippen molar-refractivity contribution in [3.8, 4) is 0 Å². The van der Waals surface area contributed by atoms with E-state index in [0.29, 0.717) is 18.8 Å². The molecule has 2 amide bonds. The monoisotopic (exact) mass is 313 g/mol. The van der Waals surface area contributed by atoms with Crippen molar-refractivity contribution < 1.29 is 14.5 Å². The molecule has 21 heavy (non-hydrogen) atoms. The molecule has 1 aromatic rings. The molecule has 2 rings (SSSR count). The fourth-order valence-corrected chi connectivity index (χ4v) is 2.46. The van der Waals surface area contributed by atoms with Crippen LogP contribution in [0.2, 0.25) is 5.02 Å². The first-order chi connectivity index (χ1) is 9.86. The lowest BCUT2D eigenvalue weighted by molar-refractivity contribution is -0.384. The van der Waals surface area contributed by atoms with E-state index in [1.165, 1.54) is 18.2 Å². The molecule has 0 radical (unpaired) electrons. The van der Waals surface area contributed by atoms with Gasteiger partial charge in [0.2, 0.25) is 0 Å². The summed E-state index contributed by atoms with van der Waals surface area (Å²) in [5.41, 5.74) is 0.0982. The van der Waals surface area contributed by atoms with Crippen LogP contribution in [0.15, 0.2) is 18.2 Å². The summed E-state index contributed by atoms with van der Waals surface area (Å²) in [6.45, 7) is 4.74. The van der Waals surface area contributed by atoms with Gasteiger partial charge in [-0.3, -0.25) is 10.1 Å². The number of anilines is 1. The van der Waals surface area contributed by atoms with Gasteiger partial charge in [-0.15, -0.1) is 0 Å². The Labute approximate surface area is 127 Å². The van der Waals surface area contributed by atoms with Gasteiger partial charge in [0.05, 0.1) is 17.1 Å². The second-order valence-electron chi connectivity index (χ2n) is 5.02. The van der Waals surface area contributed by atoms with Crippen molar-refractivity contribution in [2.45, 2.75) is 26.1 Å². The van der Waals surface area contributed by atoms with Crippen LogP contribution in [-0.4, -0.2) is 41.2 Å². The molecule has 1 aliphatic rings. The standard InChI is InChI=1S/C13H16ClN3O4/c1-8-6-16(7-9(2)21-8)13(18)15-10-3-4-11(14)12(5-10)17(19)20/h3-5,8-9H,6-7H2,1-2H3,(H,15,18). The summed E-state index contributed by atoms with van der Waals surface area (Å²) in [6, 6.07) is 3.85. The lowest BCUT2D eigenvalue weighted by Crippen LogP contribution is -2.49. The Morgan fingerprint density at radius 3 is 2.62 bits per heavy atom. The number of morpholine rings is 1. The van der Waals surface area contributed by atoms with E-state index in [-0.39, 0.29) is 28.9 Å². The predicted octanol–water partition coefficient (Wildman–Crippen LogP) is 2.89. The van der Waals surface area contributed by atoms with Gasteiger partial charge < -0.3 is 15.0 Å². The van der Waals surface area contributed by atoms with E-state index in [0.717, 1.165) is 0 Å². The molecule has 0 bridgehead atoms. The zero-order valence-electron chi connectivity index (χ0n) is 11.7. The molecule has 7 nitrogen and oxygen atoms in total. The molecule has 1 N–H and O–H groups in total. The van der Waals surface area contributed by atoms with Gasteiger partial charge in [0.25, 0.3) is 5.69 Å². The predicted molar refractivity (Wildman–Crippen MR) is 78.7 cm³/mol. The summed E-state index contributed by atoms with van der Waals surface area (Å²) in [6.07, 6.45) is -0.0851. The van der Waals surface area contributed by atoms with Crippen molar-refractivity contribution in [3.05, 3.63) is 33.3 Å². The minimum Gasteiger partial charge on any atom is -0.372 e. The van der Waals surface area contributed by atoms with Crippen LogP contribution in [0, 0.1) is 10.1 Å². The molecule has 1 heterocycles. The summed E-state index contributed by atoms with van der Waals surface area (Å²) in [4.78, 5) is 24.0. The number of carbonyl (C=O) groups is 1. The highest BCUT2D eigenvalue weighted by atomic mass is 35.5. The molecule has 0 aromatic heterocycles. The zero-order chi connectivity index (χ0) is 15.6. The molecule has 114 valence electrons. The minimum atomic E-state index is -0.586. The SMILES string of the molecule is CC1CN(C(=O)Nc2ccc(Cl)c([N+](=O)[O-])c2)CC(C)O1. The van der Waals surface area contributed by atoms with Crippen LogP contribution in [0.4, 0.5) is 16.2 Å². The van der Waals surface area contributed by atoms with Crippen LogP contribution < -0.4 is 5.32 Å². The van der Waals surface area contributed by atoms with E-state index < -0.39 is 4.92 Å². The van der Waals surface area contributed by atoms with Gasteiger partial charge in [0.1, 0.15) is 5.02 Å².